The zero-order chi connectivity index (χ0) is 14.9. The molecule has 0 aliphatic carbocycles. The molecule has 0 bridgehead atoms. The standard InChI is InChI=1S/C14H14O6/c1-18-10-6-11(19-2)13(20-3)12-8(10)4-7(14(16)17)5-9(12)15/h4-6,15H,1-3H3,(H,16,17). The minimum Gasteiger partial charge on any atom is -0.507 e. The number of methoxy groups -OCH3 is 3. The third-order valence-corrected chi connectivity index (χ3v) is 2.99. The summed E-state index contributed by atoms with van der Waals surface area (Å²) in [6.45, 7) is 0. The zero-order valence-electron chi connectivity index (χ0n) is 11.3. The summed E-state index contributed by atoms with van der Waals surface area (Å²) in [5.74, 6) is -0.267. The zero-order valence-corrected chi connectivity index (χ0v) is 11.3. The molecule has 0 radical (unpaired) electrons. The highest BCUT2D eigenvalue weighted by Crippen LogP contribution is 2.45. The number of fused-ring (bicyclic) bond motifs is 1. The van der Waals surface area contributed by atoms with Crippen LogP contribution in [0.2, 0.25) is 0 Å². The SMILES string of the molecule is COc1cc(OC)c2cc(C(=O)O)cc(O)c2c1OC. The fraction of sp³-hybridized carbons (Fsp3) is 0.214. The molecule has 2 aromatic carbocycles. The highest BCUT2D eigenvalue weighted by atomic mass is 16.5. The van der Waals surface area contributed by atoms with E-state index in [0.717, 1.165) is 6.07 Å². The number of ether oxygens (including phenoxy) is 3. The molecule has 2 N–H and O–H groups in total. The van der Waals surface area contributed by atoms with Crippen molar-refractivity contribution in [3.63, 3.8) is 0 Å². The molecule has 0 amide bonds. The van der Waals surface area contributed by atoms with Crippen LogP contribution in [0.4, 0.5) is 0 Å². The minimum absolute atomic E-state index is 0.0412. The predicted octanol–water partition coefficient (Wildman–Crippen LogP) is 2.27. The molecular formula is C14H14O6. The van der Waals surface area contributed by atoms with Crippen molar-refractivity contribution in [3.8, 4) is 23.0 Å². The van der Waals surface area contributed by atoms with Crippen LogP contribution in [-0.4, -0.2) is 37.5 Å². The van der Waals surface area contributed by atoms with Gasteiger partial charge >= 0.3 is 5.97 Å². The number of carbonyl (C=O) groups is 1. The van der Waals surface area contributed by atoms with Gasteiger partial charge in [0.1, 0.15) is 11.5 Å². The van der Waals surface area contributed by atoms with Crippen molar-refractivity contribution in [2.24, 2.45) is 0 Å². The minimum atomic E-state index is -1.14. The molecule has 0 spiro atoms. The van der Waals surface area contributed by atoms with Crippen LogP contribution in [0.5, 0.6) is 23.0 Å². The summed E-state index contributed by atoms with van der Waals surface area (Å²) in [6.07, 6.45) is 0. The molecular weight excluding hydrogens is 264 g/mol. The quantitative estimate of drug-likeness (QED) is 0.892. The molecule has 2 rings (SSSR count). The monoisotopic (exact) mass is 278 g/mol. The number of aromatic carboxylic acids is 1. The third-order valence-electron chi connectivity index (χ3n) is 2.99. The van der Waals surface area contributed by atoms with Crippen molar-refractivity contribution in [2.45, 2.75) is 0 Å². The number of carboxylic acids is 1. The van der Waals surface area contributed by atoms with E-state index < -0.39 is 5.97 Å². The molecule has 6 nitrogen and oxygen atoms in total. The molecule has 0 aliphatic heterocycles. The number of rotatable bonds is 4. The lowest BCUT2D eigenvalue weighted by atomic mass is 10.0. The van der Waals surface area contributed by atoms with Crippen LogP contribution < -0.4 is 14.2 Å². The molecule has 0 saturated carbocycles. The van der Waals surface area contributed by atoms with Gasteiger partial charge in [0.05, 0.1) is 32.3 Å². The Labute approximate surface area is 115 Å². The van der Waals surface area contributed by atoms with E-state index in [2.05, 4.69) is 0 Å². The topological polar surface area (TPSA) is 85.2 Å². The Bertz CT molecular complexity index is 677. The molecule has 0 unspecified atom stereocenters. The summed E-state index contributed by atoms with van der Waals surface area (Å²) in [7, 11) is 4.35. The number of aromatic hydroxyl groups is 1. The summed E-state index contributed by atoms with van der Waals surface area (Å²) in [4.78, 5) is 11.1. The molecule has 0 heterocycles. The molecule has 0 atom stereocenters. The van der Waals surface area contributed by atoms with Gasteiger partial charge in [0, 0.05) is 11.5 Å². The second-order valence-electron chi connectivity index (χ2n) is 4.04. The van der Waals surface area contributed by atoms with Gasteiger partial charge in [-0.3, -0.25) is 0 Å². The van der Waals surface area contributed by atoms with Crippen molar-refractivity contribution < 1.29 is 29.2 Å². The van der Waals surface area contributed by atoms with E-state index in [1.54, 1.807) is 6.07 Å². The fourth-order valence-corrected chi connectivity index (χ4v) is 2.09. The molecule has 106 valence electrons. The summed E-state index contributed by atoms with van der Waals surface area (Å²) < 4.78 is 15.6. The maximum Gasteiger partial charge on any atom is 0.335 e. The van der Waals surface area contributed by atoms with Gasteiger partial charge < -0.3 is 24.4 Å². The van der Waals surface area contributed by atoms with Crippen LogP contribution in [0, 0.1) is 0 Å². The Hall–Kier alpha value is -2.63. The van der Waals surface area contributed by atoms with Crippen molar-refractivity contribution in [1.29, 1.82) is 0 Å². The number of benzene rings is 2. The van der Waals surface area contributed by atoms with E-state index >= 15 is 0 Å². The first-order valence-electron chi connectivity index (χ1n) is 5.72. The third kappa shape index (κ3) is 2.05. The molecule has 2 aromatic rings. The van der Waals surface area contributed by atoms with Gasteiger partial charge in [-0.2, -0.15) is 0 Å². The van der Waals surface area contributed by atoms with Gasteiger partial charge in [-0.1, -0.05) is 0 Å². The van der Waals surface area contributed by atoms with Crippen LogP contribution >= 0.6 is 0 Å². The molecule has 0 saturated heterocycles. The number of hydrogen-bond acceptors (Lipinski definition) is 5. The van der Waals surface area contributed by atoms with Gasteiger partial charge in [0.2, 0.25) is 0 Å². The normalized spacial score (nSPS) is 10.3. The van der Waals surface area contributed by atoms with Gasteiger partial charge in [0.15, 0.2) is 11.5 Å². The Kier molecular flexibility index (Phi) is 3.56. The van der Waals surface area contributed by atoms with Crippen LogP contribution in [0.1, 0.15) is 10.4 Å². The van der Waals surface area contributed by atoms with Crippen molar-refractivity contribution in [3.05, 3.63) is 23.8 Å². The molecule has 0 aliphatic rings. The summed E-state index contributed by atoms with van der Waals surface area (Å²) in [5.41, 5.74) is -0.0412. The van der Waals surface area contributed by atoms with Crippen LogP contribution in [0.3, 0.4) is 0 Å². The van der Waals surface area contributed by atoms with Gasteiger partial charge in [-0.15, -0.1) is 0 Å². The first-order chi connectivity index (χ1) is 9.53. The Balaban J connectivity index is 2.94. The highest BCUT2D eigenvalue weighted by Gasteiger charge is 2.19. The van der Waals surface area contributed by atoms with E-state index in [1.807, 2.05) is 0 Å². The van der Waals surface area contributed by atoms with Gasteiger partial charge in [0.25, 0.3) is 0 Å². The number of hydrogen-bond donors (Lipinski definition) is 2. The Morgan fingerprint density at radius 2 is 1.65 bits per heavy atom. The number of phenolic OH excluding ortho intramolecular Hbond substituents is 1. The van der Waals surface area contributed by atoms with Crippen molar-refractivity contribution in [1.82, 2.24) is 0 Å². The van der Waals surface area contributed by atoms with Crippen molar-refractivity contribution in [2.75, 3.05) is 21.3 Å². The van der Waals surface area contributed by atoms with E-state index in [9.17, 15) is 9.90 Å². The fourth-order valence-electron chi connectivity index (χ4n) is 2.09. The maximum absolute atomic E-state index is 11.1. The molecule has 0 fully saturated rings. The Morgan fingerprint density at radius 1 is 1.00 bits per heavy atom. The molecule has 0 aromatic heterocycles. The average molecular weight is 278 g/mol. The van der Waals surface area contributed by atoms with Crippen LogP contribution in [0.15, 0.2) is 18.2 Å². The Morgan fingerprint density at radius 3 is 2.15 bits per heavy atom. The average Bonchev–Trinajstić information content (AvgIpc) is 2.45. The summed E-state index contributed by atoms with van der Waals surface area (Å²) >= 11 is 0. The van der Waals surface area contributed by atoms with Gasteiger partial charge in [-0.05, 0) is 12.1 Å². The highest BCUT2D eigenvalue weighted by molar-refractivity contribution is 6.04. The van der Waals surface area contributed by atoms with Crippen LogP contribution in [0.25, 0.3) is 10.8 Å². The number of carboxylic acid groups (broad SMARTS) is 1. The maximum atomic E-state index is 11.1. The summed E-state index contributed by atoms with van der Waals surface area (Å²) in [6, 6.07) is 4.15. The molecule has 6 heteroatoms. The lowest BCUT2D eigenvalue weighted by Crippen LogP contribution is -1.99. The second kappa shape index (κ2) is 5.16. The first kappa shape index (κ1) is 13.8. The van der Waals surface area contributed by atoms with Crippen LogP contribution in [-0.2, 0) is 0 Å². The lowest BCUT2D eigenvalue weighted by molar-refractivity contribution is 0.0696. The lowest BCUT2D eigenvalue weighted by Gasteiger charge is -2.15. The van der Waals surface area contributed by atoms with Crippen molar-refractivity contribution >= 4 is 16.7 Å². The largest absolute Gasteiger partial charge is 0.507 e. The second-order valence-corrected chi connectivity index (χ2v) is 4.04. The summed E-state index contributed by atoms with van der Waals surface area (Å²) in [5, 5.41) is 19.9. The van der Waals surface area contributed by atoms with E-state index in [0.29, 0.717) is 28.0 Å². The smallest absolute Gasteiger partial charge is 0.335 e. The van der Waals surface area contributed by atoms with E-state index in [-0.39, 0.29) is 11.3 Å². The number of phenols is 1. The van der Waals surface area contributed by atoms with Gasteiger partial charge in [-0.25, -0.2) is 4.79 Å². The molecule has 20 heavy (non-hydrogen) atoms. The predicted molar refractivity (Wildman–Crippen MR) is 72.2 cm³/mol. The first-order valence-corrected chi connectivity index (χ1v) is 5.72. The van der Waals surface area contributed by atoms with E-state index in [4.69, 9.17) is 19.3 Å². The van der Waals surface area contributed by atoms with E-state index in [1.165, 1.54) is 27.4 Å².